The van der Waals surface area contributed by atoms with E-state index >= 15 is 0 Å². The number of aryl methyl sites for hydroxylation is 1. The van der Waals surface area contributed by atoms with Crippen molar-refractivity contribution in [2.24, 2.45) is 0 Å². The highest BCUT2D eigenvalue weighted by Crippen LogP contribution is 2.30. The Bertz CT molecular complexity index is 379. The van der Waals surface area contributed by atoms with Gasteiger partial charge in [-0.1, -0.05) is 11.6 Å². The third-order valence-corrected chi connectivity index (χ3v) is 1.93. The number of rotatable bonds is 2. The van der Waals surface area contributed by atoms with Crippen LogP contribution in [0.1, 0.15) is 5.56 Å². The standard InChI is InChI=1S/C8H10ClN3O2/c1-5-4-6(9)10-8(11(2)3)7(5)12(13)14/h4H,1-3H3. The van der Waals surface area contributed by atoms with Gasteiger partial charge in [-0.05, 0) is 13.0 Å². The fourth-order valence-electron chi connectivity index (χ4n) is 1.15. The van der Waals surface area contributed by atoms with Crippen molar-refractivity contribution in [3.63, 3.8) is 0 Å². The van der Waals surface area contributed by atoms with Crippen molar-refractivity contribution >= 4 is 23.1 Å². The molecule has 0 spiro atoms. The van der Waals surface area contributed by atoms with Crippen LogP contribution in [0.4, 0.5) is 11.5 Å². The maximum Gasteiger partial charge on any atom is 0.314 e. The van der Waals surface area contributed by atoms with Crippen LogP contribution in [-0.2, 0) is 0 Å². The second-order valence-electron chi connectivity index (χ2n) is 3.09. The van der Waals surface area contributed by atoms with Crippen molar-refractivity contribution < 1.29 is 4.92 Å². The van der Waals surface area contributed by atoms with Gasteiger partial charge in [-0.15, -0.1) is 0 Å². The van der Waals surface area contributed by atoms with E-state index < -0.39 is 4.92 Å². The highest BCUT2D eigenvalue weighted by atomic mass is 35.5. The van der Waals surface area contributed by atoms with Gasteiger partial charge in [0.1, 0.15) is 5.15 Å². The van der Waals surface area contributed by atoms with E-state index in [4.69, 9.17) is 11.6 Å². The number of pyridine rings is 1. The van der Waals surface area contributed by atoms with Crippen LogP contribution < -0.4 is 4.90 Å². The fourth-order valence-corrected chi connectivity index (χ4v) is 1.39. The van der Waals surface area contributed by atoms with Gasteiger partial charge < -0.3 is 4.90 Å². The van der Waals surface area contributed by atoms with Crippen molar-refractivity contribution in [3.8, 4) is 0 Å². The molecule has 0 aliphatic rings. The average molecular weight is 216 g/mol. The monoisotopic (exact) mass is 215 g/mol. The topological polar surface area (TPSA) is 59.3 Å². The zero-order valence-electron chi connectivity index (χ0n) is 8.11. The summed E-state index contributed by atoms with van der Waals surface area (Å²) >= 11 is 5.71. The molecule has 1 aromatic heterocycles. The number of halogens is 1. The second-order valence-corrected chi connectivity index (χ2v) is 3.47. The average Bonchev–Trinajstić information content (AvgIpc) is 2.01. The molecule has 0 aromatic carbocycles. The Hall–Kier alpha value is -1.36. The fraction of sp³-hybridized carbons (Fsp3) is 0.375. The van der Waals surface area contributed by atoms with E-state index in [-0.39, 0.29) is 16.7 Å². The van der Waals surface area contributed by atoms with E-state index in [1.165, 1.54) is 6.07 Å². The van der Waals surface area contributed by atoms with Gasteiger partial charge in [-0.3, -0.25) is 10.1 Å². The Morgan fingerprint density at radius 3 is 2.57 bits per heavy atom. The predicted octanol–water partition coefficient (Wildman–Crippen LogP) is 2.02. The van der Waals surface area contributed by atoms with E-state index in [2.05, 4.69) is 4.98 Å². The minimum absolute atomic E-state index is 0.000556. The number of hydrogen-bond donors (Lipinski definition) is 0. The molecular formula is C8H10ClN3O2. The molecule has 0 aliphatic carbocycles. The molecule has 0 radical (unpaired) electrons. The van der Waals surface area contributed by atoms with Gasteiger partial charge in [0.15, 0.2) is 0 Å². The summed E-state index contributed by atoms with van der Waals surface area (Å²) in [6, 6.07) is 1.48. The Kier molecular flexibility index (Phi) is 2.90. The molecule has 0 saturated carbocycles. The van der Waals surface area contributed by atoms with Crippen LogP contribution in [0.25, 0.3) is 0 Å². The molecule has 0 fully saturated rings. The first-order chi connectivity index (χ1) is 6.43. The van der Waals surface area contributed by atoms with Crippen LogP contribution in [0.15, 0.2) is 6.07 Å². The van der Waals surface area contributed by atoms with E-state index in [0.29, 0.717) is 5.56 Å². The third-order valence-electron chi connectivity index (χ3n) is 1.74. The van der Waals surface area contributed by atoms with Gasteiger partial charge >= 0.3 is 5.69 Å². The Balaban J connectivity index is 3.44. The van der Waals surface area contributed by atoms with Gasteiger partial charge in [-0.2, -0.15) is 0 Å². The van der Waals surface area contributed by atoms with E-state index in [9.17, 15) is 10.1 Å². The second kappa shape index (κ2) is 3.79. The van der Waals surface area contributed by atoms with E-state index in [0.717, 1.165) is 0 Å². The van der Waals surface area contributed by atoms with E-state index in [1.807, 2.05) is 0 Å². The molecule has 1 rings (SSSR count). The molecule has 0 N–H and O–H groups in total. The molecule has 0 aliphatic heterocycles. The van der Waals surface area contributed by atoms with Crippen LogP contribution in [-0.4, -0.2) is 24.0 Å². The number of nitrogens with zero attached hydrogens (tertiary/aromatic N) is 3. The largest absolute Gasteiger partial charge is 0.357 e. The van der Waals surface area contributed by atoms with Crippen molar-refractivity contribution in [2.45, 2.75) is 6.92 Å². The number of anilines is 1. The normalized spacial score (nSPS) is 10.0. The molecule has 14 heavy (non-hydrogen) atoms. The Labute approximate surface area is 86.5 Å². The smallest absolute Gasteiger partial charge is 0.314 e. The quantitative estimate of drug-likeness (QED) is 0.430. The van der Waals surface area contributed by atoms with Gasteiger partial charge in [0.25, 0.3) is 0 Å². The maximum absolute atomic E-state index is 10.8. The molecule has 5 nitrogen and oxygen atoms in total. The Morgan fingerprint density at radius 1 is 1.57 bits per heavy atom. The molecule has 6 heteroatoms. The summed E-state index contributed by atoms with van der Waals surface area (Å²) < 4.78 is 0. The zero-order valence-corrected chi connectivity index (χ0v) is 8.87. The van der Waals surface area contributed by atoms with Crippen LogP contribution in [0, 0.1) is 17.0 Å². The lowest BCUT2D eigenvalue weighted by Gasteiger charge is -2.12. The first kappa shape index (κ1) is 10.7. The summed E-state index contributed by atoms with van der Waals surface area (Å²) in [6.45, 7) is 1.64. The van der Waals surface area contributed by atoms with Gasteiger partial charge in [0.05, 0.1) is 4.92 Å². The minimum atomic E-state index is -0.450. The van der Waals surface area contributed by atoms with Gasteiger partial charge in [0, 0.05) is 19.7 Å². The van der Waals surface area contributed by atoms with Crippen LogP contribution in [0.3, 0.4) is 0 Å². The van der Waals surface area contributed by atoms with Crippen LogP contribution in [0.2, 0.25) is 5.15 Å². The molecule has 76 valence electrons. The molecular weight excluding hydrogens is 206 g/mol. The zero-order chi connectivity index (χ0) is 10.9. The lowest BCUT2D eigenvalue weighted by atomic mass is 10.2. The minimum Gasteiger partial charge on any atom is -0.357 e. The van der Waals surface area contributed by atoms with Gasteiger partial charge in [0.2, 0.25) is 5.82 Å². The molecule has 0 amide bonds. The number of hydrogen-bond acceptors (Lipinski definition) is 4. The predicted molar refractivity (Wildman–Crippen MR) is 55.0 cm³/mol. The molecule has 0 atom stereocenters. The van der Waals surface area contributed by atoms with Crippen LogP contribution in [0.5, 0.6) is 0 Å². The summed E-state index contributed by atoms with van der Waals surface area (Å²) in [6.07, 6.45) is 0. The lowest BCUT2D eigenvalue weighted by Crippen LogP contribution is -2.13. The number of nitro groups is 1. The molecule has 1 aromatic rings. The van der Waals surface area contributed by atoms with Crippen LogP contribution >= 0.6 is 11.6 Å². The van der Waals surface area contributed by atoms with Crippen molar-refractivity contribution in [3.05, 3.63) is 26.9 Å². The molecule has 0 bridgehead atoms. The Morgan fingerprint density at radius 2 is 2.14 bits per heavy atom. The third kappa shape index (κ3) is 1.93. The van der Waals surface area contributed by atoms with Crippen molar-refractivity contribution in [2.75, 3.05) is 19.0 Å². The first-order valence-corrected chi connectivity index (χ1v) is 4.30. The summed E-state index contributed by atoms with van der Waals surface area (Å²) in [5.41, 5.74) is 0.512. The lowest BCUT2D eigenvalue weighted by molar-refractivity contribution is -0.384. The SMILES string of the molecule is Cc1cc(Cl)nc(N(C)C)c1[N+](=O)[O-]. The highest BCUT2D eigenvalue weighted by Gasteiger charge is 2.21. The summed E-state index contributed by atoms with van der Waals surface area (Å²) in [7, 11) is 3.37. The summed E-state index contributed by atoms with van der Waals surface area (Å²) in [5.74, 6) is 0.278. The number of aromatic nitrogens is 1. The summed E-state index contributed by atoms with van der Waals surface area (Å²) in [5, 5.41) is 11.0. The first-order valence-electron chi connectivity index (χ1n) is 3.92. The highest BCUT2D eigenvalue weighted by molar-refractivity contribution is 6.29. The summed E-state index contributed by atoms with van der Waals surface area (Å²) in [4.78, 5) is 15.8. The van der Waals surface area contributed by atoms with Gasteiger partial charge in [-0.25, -0.2) is 4.98 Å². The van der Waals surface area contributed by atoms with Crippen molar-refractivity contribution in [1.29, 1.82) is 0 Å². The van der Waals surface area contributed by atoms with Crippen molar-refractivity contribution in [1.82, 2.24) is 4.98 Å². The maximum atomic E-state index is 10.8. The molecule has 1 heterocycles. The molecule has 0 unspecified atom stereocenters. The molecule has 0 saturated heterocycles. The van der Waals surface area contributed by atoms with E-state index in [1.54, 1.807) is 25.9 Å².